The molecule has 0 saturated heterocycles. The second kappa shape index (κ2) is 13.8. The van der Waals surface area contributed by atoms with E-state index >= 15 is 0 Å². The molecule has 1 unspecified atom stereocenters. The van der Waals surface area contributed by atoms with E-state index < -0.39 is 18.0 Å². The van der Waals surface area contributed by atoms with Gasteiger partial charge < -0.3 is 24.7 Å². The van der Waals surface area contributed by atoms with Crippen LogP contribution in [-0.2, 0) is 4.79 Å². The van der Waals surface area contributed by atoms with Gasteiger partial charge in [0.25, 0.3) is 0 Å². The number of nitrogens with zero attached hydrogens (tertiary/aromatic N) is 1. The van der Waals surface area contributed by atoms with E-state index in [2.05, 4.69) is 0 Å². The van der Waals surface area contributed by atoms with Gasteiger partial charge in [0, 0.05) is 18.0 Å². The van der Waals surface area contributed by atoms with Crippen LogP contribution in [-0.4, -0.2) is 36.0 Å². The molecule has 0 aliphatic carbocycles. The first-order chi connectivity index (χ1) is 9.47. The van der Waals surface area contributed by atoms with E-state index in [0.29, 0.717) is 12.2 Å². The number of carbonyl (C=O) groups excluding carboxylic acids is 2. The third kappa shape index (κ3) is 8.61. The van der Waals surface area contributed by atoms with Gasteiger partial charge in [-0.2, -0.15) is 11.8 Å². The van der Waals surface area contributed by atoms with E-state index in [1.165, 1.54) is 12.1 Å². The topological polar surface area (TPSA) is 83.5 Å². The van der Waals surface area contributed by atoms with E-state index in [-0.39, 0.29) is 108 Å². The quantitative estimate of drug-likeness (QED) is 0.333. The summed E-state index contributed by atoms with van der Waals surface area (Å²) in [5.74, 6) is -0.666. The van der Waals surface area contributed by atoms with Gasteiger partial charge in [-0.1, -0.05) is 19.1 Å². The minimum Gasteiger partial charge on any atom is -0.548 e. The summed E-state index contributed by atoms with van der Waals surface area (Å²) < 4.78 is 0. The van der Waals surface area contributed by atoms with Crippen molar-refractivity contribution in [3.8, 4) is 0 Å². The number of carboxylic acid groups (broad SMARTS) is 2. The molecule has 0 saturated carbocycles. The summed E-state index contributed by atoms with van der Waals surface area (Å²) in [6.45, 7) is 4.14. The Balaban J connectivity index is 0. The summed E-state index contributed by atoms with van der Waals surface area (Å²) in [7, 11) is 0. The molecule has 0 N–H and O–H groups in total. The molecule has 0 radical (unpaired) electrons. The molecule has 0 aromatic heterocycles. The van der Waals surface area contributed by atoms with Crippen molar-refractivity contribution in [3.63, 3.8) is 0 Å². The molecule has 0 fully saturated rings. The van der Waals surface area contributed by atoms with Gasteiger partial charge in [-0.3, -0.25) is 0 Å². The van der Waals surface area contributed by atoms with E-state index in [0.717, 1.165) is 11.5 Å². The molecule has 0 heterocycles. The van der Waals surface area contributed by atoms with Crippen molar-refractivity contribution >= 4 is 29.4 Å². The Kier molecular flexibility index (Phi) is 16.2. The first-order valence-electron chi connectivity index (χ1n) is 6.34. The van der Waals surface area contributed by atoms with Crippen molar-refractivity contribution < 1.29 is 123 Å². The Bertz CT molecular complexity index is 470. The molecule has 8 heteroatoms. The average Bonchev–Trinajstić information content (AvgIpc) is 2.43. The van der Waals surface area contributed by atoms with Gasteiger partial charge in [0.05, 0.1) is 18.0 Å². The number of rotatable bonds is 8. The molecule has 0 aliphatic rings. The predicted molar refractivity (Wildman–Crippen MR) is 75.6 cm³/mol. The zero-order chi connectivity index (χ0) is 15.1. The predicted octanol–water partition coefficient (Wildman–Crippen LogP) is -6.24. The molecule has 0 aliphatic heterocycles. The second-order valence-electron chi connectivity index (χ2n) is 4.22. The molecule has 1 aromatic rings. The summed E-state index contributed by atoms with van der Waals surface area (Å²) in [6.07, 6.45) is 0. The first kappa shape index (κ1) is 25.8. The number of benzene rings is 1. The van der Waals surface area contributed by atoms with Gasteiger partial charge >= 0.3 is 103 Å². The van der Waals surface area contributed by atoms with Gasteiger partial charge in [-0.05, 0) is 30.4 Å². The van der Waals surface area contributed by atoms with Crippen molar-refractivity contribution in [2.75, 3.05) is 23.0 Å². The van der Waals surface area contributed by atoms with Crippen molar-refractivity contribution in [1.29, 1.82) is 0 Å². The van der Waals surface area contributed by atoms with Crippen molar-refractivity contribution in [1.82, 2.24) is 0 Å². The van der Waals surface area contributed by atoms with E-state index in [9.17, 15) is 19.8 Å². The maximum Gasteiger partial charge on any atom is 1.00 e. The van der Waals surface area contributed by atoms with Crippen molar-refractivity contribution in [2.45, 2.75) is 19.9 Å². The van der Waals surface area contributed by atoms with Crippen LogP contribution >= 0.6 is 11.8 Å². The van der Waals surface area contributed by atoms with Crippen LogP contribution in [0.4, 0.5) is 5.69 Å². The number of anilines is 1. The van der Waals surface area contributed by atoms with E-state index in [4.69, 9.17) is 0 Å². The van der Waals surface area contributed by atoms with Gasteiger partial charge in [-0.15, -0.1) is 0 Å². The zero-order valence-corrected chi connectivity index (χ0v) is 20.6. The van der Waals surface area contributed by atoms with Crippen LogP contribution in [0.15, 0.2) is 24.3 Å². The molecule has 22 heavy (non-hydrogen) atoms. The molecule has 5 nitrogen and oxygen atoms in total. The van der Waals surface area contributed by atoms with Crippen LogP contribution in [0, 0.1) is 0 Å². The number of thioether (sulfide) groups is 1. The number of hydrogen-bond donors (Lipinski definition) is 0. The summed E-state index contributed by atoms with van der Waals surface area (Å²) in [5.41, 5.74) is 0.723. The number of aromatic carboxylic acids is 1. The molecule has 110 valence electrons. The fraction of sp³-hybridized carbons (Fsp3) is 0.429. The number of hydrogen-bond acceptors (Lipinski definition) is 6. The molecule has 0 bridgehead atoms. The van der Waals surface area contributed by atoms with Crippen LogP contribution in [0.2, 0.25) is 0 Å². The SMILES string of the molecule is CCSCCN(c1ccc(C(=O)[O-])cc1)C(C)C(=O)[O-].[K+].[K+]. The Morgan fingerprint density at radius 1 is 1.18 bits per heavy atom. The second-order valence-corrected chi connectivity index (χ2v) is 5.61. The molecular formula is C14H17K2NO4S. The minimum absolute atomic E-state index is 0. The first-order valence-corrected chi connectivity index (χ1v) is 7.49. The maximum atomic E-state index is 11.1. The fourth-order valence-corrected chi connectivity index (χ4v) is 2.38. The Morgan fingerprint density at radius 2 is 1.73 bits per heavy atom. The average molecular weight is 374 g/mol. The van der Waals surface area contributed by atoms with Crippen molar-refractivity contribution in [3.05, 3.63) is 29.8 Å². The van der Waals surface area contributed by atoms with E-state index in [1.54, 1.807) is 35.7 Å². The summed E-state index contributed by atoms with van der Waals surface area (Å²) >= 11 is 1.71. The molecule has 1 atom stereocenters. The van der Waals surface area contributed by atoms with Gasteiger partial charge in [0.15, 0.2) is 0 Å². The minimum atomic E-state index is -1.25. The number of carboxylic acids is 2. The fourth-order valence-electron chi connectivity index (χ4n) is 1.77. The molecule has 1 rings (SSSR count). The van der Waals surface area contributed by atoms with Crippen LogP contribution in [0.25, 0.3) is 0 Å². The third-order valence-corrected chi connectivity index (χ3v) is 3.80. The van der Waals surface area contributed by atoms with Crippen LogP contribution < -0.4 is 118 Å². The van der Waals surface area contributed by atoms with Gasteiger partial charge in [-0.25, -0.2) is 0 Å². The Morgan fingerprint density at radius 3 is 2.14 bits per heavy atom. The normalized spacial score (nSPS) is 10.8. The van der Waals surface area contributed by atoms with Gasteiger partial charge in [0.2, 0.25) is 0 Å². The van der Waals surface area contributed by atoms with Crippen molar-refractivity contribution in [2.24, 2.45) is 0 Å². The molecular weight excluding hydrogens is 356 g/mol. The molecule has 0 amide bonds. The van der Waals surface area contributed by atoms with Crippen LogP contribution in [0.5, 0.6) is 0 Å². The summed E-state index contributed by atoms with van der Waals surface area (Å²) in [5, 5.41) is 21.8. The smallest absolute Gasteiger partial charge is 0.548 e. The van der Waals surface area contributed by atoms with Crippen LogP contribution in [0.1, 0.15) is 24.2 Å². The summed E-state index contributed by atoms with van der Waals surface area (Å²) in [6, 6.07) is 5.21. The number of carbonyl (C=O) groups is 2. The Labute approximate surface area is 220 Å². The summed E-state index contributed by atoms with van der Waals surface area (Å²) in [4.78, 5) is 23.5. The third-order valence-electron chi connectivity index (χ3n) is 2.92. The van der Waals surface area contributed by atoms with Crippen LogP contribution in [0.3, 0.4) is 0 Å². The maximum absolute atomic E-state index is 11.1. The monoisotopic (exact) mass is 373 g/mol. The zero-order valence-electron chi connectivity index (χ0n) is 13.5. The van der Waals surface area contributed by atoms with Gasteiger partial charge in [0.1, 0.15) is 0 Å². The standard InChI is InChI=1S/C14H19NO4S.2K/c1-3-20-9-8-15(10(2)13(16)17)12-6-4-11(5-7-12)14(18)19;;/h4-7,10H,3,8-9H2,1-2H3,(H,16,17)(H,18,19);;/q;2*+1/p-2. The number of aliphatic carboxylic acids is 1. The largest absolute Gasteiger partial charge is 1.00 e. The van der Waals surface area contributed by atoms with E-state index in [1.807, 2.05) is 6.92 Å². The molecule has 1 aromatic carbocycles. The molecule has 0 spiro atoms. The Hall–Kier alpha value is 1.58.